The second kappa shape index (κ2) is 10.2. The number of aliphatic hydroxyl groups excluding tert-OH is 1. The van der Waals surface area contributed by atoms with Crippen molar-refractivity contribution in [3.8, 4) is 0 Å². The van der Waals surface area contributed by atoms with Crippen molar-refractivity contribution in [1.82, 2.24) is 9.80 Å². The molecule has 0 aliphatic carbocycles. The molecule has 0 saturated carbocycles. The number of ether oxygens (including phenoxy) is 1. The predicted octanol–water partition coefficient (Wildman–Crippen LogP) is 3.17. The molecule has 2 aromatic rings. The van der Waals surface area contributed by atoms with Crippen molar-refractivity contribution in [2.45, 2.75) is 19.3 Å². The van der Waals surface area contributed by atoms with Gasteiger partial charge in [-0.15, -0.1) is 0 Å². The van der Waals surface area contributed by atoms with Gasteiger partial charge in [0.05, 0.1) is 19.3 Å². The summed E-state index contributed by atoms with van der Waals surface area (Å²) in [5, 5.41) is 10.7. The molecule has 1 heterocycles. The van der Waals surface area contributed by atoms with Gasteiger partial charge in [-0.2, -0.15) is 0 Å². The molecule has 146 valence electrons. The van der Waals surface area contributed by atoms with E-state index in [2.05, 4.69) is 9.80 Å². The van der Waals surface area contributed by atoms with Gasteiger partial charge in [-0.25, -0.2) is 4.39 Å². The number of piperazine rings is 1. The third-order valence-corrected chi connectivity index (χ3v) is 5.15. The highest BCUT2D eigenvalue weighted by Crippen LogP contribution is 2.21. The molecule has 27 heavy (non-hydrogen) atoms. The highest BCUT2D eigenvalue weighted by atomic mass is 35.5. The van der Waals surface area contributed by atoms with Crippen molar-refractivity contribution in [3.05, 3.63) is 70.5 Å². The van der Waals surface area contributed by atoms with Gasteiger partial charge in [0.15, 0.2) is 0 Å². The third-order valence-electron chi connectivity index (χ3n) is 4.80. The van der Waals surface area contributed by atoms with Gasteiger partial charge in [0.1, 0.15) is 5.82 Å². The summed E-state index contributed by atoms with van der Waals surface area (Å²) in [6.07, 6.45) is -0.513. The lowest BCUT2D eigenvalue weighted by molar-refractivity contribution is 0.000823. The molecule has 0 amide bonds. The minimum absolute atomic E-state index is 0.254. The molecule has 4 nitrogen and oxygen atoms in total. The summed E-state index contributed by atoms with van der Waals surface area (Å²) in [5.74, 6) is -0.254. The Hall–Kier alpha value is -1.50. The molecule has 1 fully saturated rings. The quantitative estimate of drug-likeness (QED) is 0.748. The lowest BCUT2D eigenvalue weighted by atomic mass is 10.1. The fourth-order valence-corrected chi connectivity index (χ4v) is 3.50. The molecule has 0 spiro atoms. The molecule has 0 radical (unpaired) electrons. The maximum absolute atomic E-state index is 13.9. The van der Waals surface area contributed by atoms with E-state index < -0.39 is 6.10 Å². The van der Waals surface area contributed by atoms with Crippen LogP contribution in [0.4, 0.5) is 4.39 Å². The zero-order valence-corrected chi connectivity index (χ0v) is 16.1. The molecule has 1 N–H and O–H groups in total. The van der Waals surface area contributed by atoms with E-state index in [0.717, 1.165) is 31.7 Å². The van der Waals surface area contributed by atoms with Gasteiger partial charge >= 0.3 is 0 Å². The van der Waals surface area contributed by atoms with Crippen LogP contribution >= 0.6 is 11.6 Å². The summed E-state index contributed by atoms with van der Waals surface area (Å²) in [7, 11) is 0. The number of benzene rings is 2. The van der Waals surface area contributed by atoms with Crippen LogP contribution in [-0.2, 0) is 17.9 Å². The van der Waals surface area contributed by atoms with Gasteiger partial charge in [0.2, 0.25) is 0 Å². The van der Waals surface area contributed by atoms with Crippen LogP contribution in [0.5, 0.6) is 0 Å². The van der Waals surface area contributed by atoms with Gasteiger partial charge in [-0.1, -0.05) is 48.0 Å². The summed E-state index contributed by atoms with van der Waals surface area (Å²) < 4.78 is 19.5. The summed E-state index contributed by atoms with van der Waals surface area (Å²) >= 11 is 6.11. The van der Waals surface area contributed by atoms with E-state index in [9.17, 15) is 9.50 Å². The second-order valence-corrected chi connectivity index (χ2v) is 7.34. The number of nitrogens with zero attached hydrogens (tertiary/aromatic N) is 2. The van der Waals surface area contributed by atoms with E-state index in [1.165, 1.54) is 6.07 Å². The van der Waals surface area contributed by atoms with Crippen molar-refractivity contribution in [2.24, 2.45) is 0 Å². The van der Waals surface area contributed by atoms with Crippen LogP contribution in [0.2, 0.25) is 5.02 Å². The van der Waals surface area contributed by atoms with Gasteiger partial charge in [-0.3, -0.25) is 9.80 Å². The molecule has 6 heteroatoms. The highest BCUT2D eigenvalue weighted by Gasteiger charge is 2.21. The molecule has 0 aromatic heterocycles. The van der Waals surface area contributed by atoms with Crippen LogP contribution in [0.25, 0.3) is 0 Å². The Kier molecular flexibility index (Phi) is 7.61. The molecule has 1 atom stereocenters. The molecule has 1 unspecified atom stereocenters. The zero-order chi connectivity index (χ0) is 19.1. The Morgan fingerprint density at radius 3 is 2.41 bits per heavy atom. The monoisotopic (exact) mass is 392 g/mol. The topological polar surface area (TPSA) is 35.9 Å². The average Bonchev–Trinajstić information content (AvgIpc) is 2.67. The van der Waals surface area contributed by atoms with Gasteiger partial charge in [0.25, 0.3) is 0 Å². The largest absolute Gasteiger partial charge is 0.389 e. The van der Waals surface area contributed by atoms with E-state index in [0.29, 0.717) is 36.9 Å². The average molecular weight is 393 g/mol. The first-order valence-electron chi connectivity index (χ1n) is 9.29. The Bertz CT molecular complexity index is 688. The van der Waals surface area contributed by atoms with Gasteiger partial charge < -0.3 is 9.84 Å². The van der Waals surface area contributed by atoms with Crippen molar-refractivity contribution >= 4 is 11.6 Å². The molecule has 0 bridgehead atoms. The van der Waals surface area contributed by atoms with E-state index in [-0.39, 0.29) is 5.82 Å². The van der Waals surface area contributed by atoms with Gasteiger partial charge in [-0.05, 0) is 17.7 Å². The molecule has 3 rings (SSSR count). The molecule has 1 aliphatic heterocycles. The molecule has 1 aliphatic rings. The smallest absolute Gasteiger partial charge is 0.129 e. The SMILES string of the molecule is OC(COCc1ccccc1)CN1CCN(Cc2c(F)cccc2Cl)CC1. The molecule has 2 aromatic carbocycles. The third kappa shape index (κ3) is 6.26. The minimum atomic E-state index is -0.513. The summed E-state index contributed by atoms with van der Waals surface area (Å²) in [6, 6.07) is 14.7. The van der Waals surface area contributed by atoms with Crippen molar-refractivity contribution in [3.63, 3.8) is 0 Å². The first kappa shape index (κ1) is 20.2. The number of hydrogen-bond acceptors (Lipinski definition) is 4. The van der Waals surface area contributed by atoms with Crippen LogP contribution in [0, 0.1) is 5.82 Å². The summed E-state index contributed by atoms with van der Waals surface area (Å²) in [5.41, 5.74) is 1.66. The van der Waals surface area contributed by atoms with Crippen LogP contribution in [-0.4, -0.2) is 60.3 Å². The normalized spacial score (nSPS) is 17.1. The predicted molar refractivity (Wildman–Crippen MR) is 105 cm³/mol. The maximum Gasteiger partial charge on any atom is 0.129 e. The molecule has 1 saturated heterocycles. The van der Waals surface area contributed by atoms with Crippen LogP contribution < -0.4 is 0 Å². The Morgan fingerprint density at radius 2 is 1.70 bits per heavy atom. The van der Waals surface area contributed by atoms with Crippen LogP contribution in [0.15, 0.2) is 48.5 Å². The number of β-amino-alcohol motifs (C(OH)–C–C–N with tert-alkyl or cyclic N) is 1. The van der Waals surface area contributed by atoms with E-state index in [1.54, 1.807) is 12.1 Å². The zero-order valence-electron chi connectivity index (χ0n) is 15.4. The highest BCUT2D eigenvalue weighted by molar-refractivity contribution is 6.31. The summed E-state index contributed by atoms with van der Waals surface area (Å²) in [6.45, 7) is 5.24. The molecular formula is C21H26ClFN2O2. The minimum Gasteiger partial charge on any atom is -0.389 e. The van der Waals surface area contributed by atoms with Crippen LogP contribution in [0.3, 0.4) is 0 Å². The lowest BCUT2D eigenvalue weighted by Gasteiger charge is -2.35. The number of rotatable bonds is 8. The number of hydrogen-bond donors (Lipinski definition) is 1. The number of halogens is 2. The Morgan fingerprint density at radius 1 is 1.00 bits per heavy atom. The van der Waals surface area contributed by atoms with Gasteiger partial charge in [0, 0.05) is 49.9 Å². The first-order valence-corrected chi connectivity index (χ1v) is 9.67. The van der Waals surface area contributed by atoms with E-state index >= 15 is 0 Å². The maximum atomic E-state index is 13.9. The van der Waals surface area contributed by atoms with Crippen molar-refractivity contribution in [1.29, 1.82) is 0 Å². The lowest BCUT2D eigenvalue weighted by Crippen LogP contribution is -2.48. The van der Waals surface area contributed by atoms with E-state index in [1.807, 2.05) is 30.3 Å². The Labute approximate surface area is 165 Å². The van der Waals surface area contributed by atoms with Crippen molar-refractivity contribution in [2.75, 3.05) is 39.3 Å². The fourth-order valence-electron chi connectivity index (χ4n) is 3.27. The summed E-state index contributed by atoms with van der Waals surface area (Å²) in [4.78, 5) is 4.41. The van der Waals surface area contributed by atoms with E-state index in [4.69, 9.17) is 16.3 Å². The second-order valence-electron chi connectivity index (χ2n) is 6.93. The van der Waals surface area contributed by atoms with Crippen molar-refractivity contribution < 1.29 is 14.2 Å². The fraction of sp³-hybridized carbons (Fsp3) is 0.429. The Balaban J connectivity index is 1.36. The number of aliphatic hydroxyl groups is 1. The first-order chi connectivity index (χ1) is 13.1. The molecular weight excluding hydrogens is 367 g/mol. The van der Waals surface area contributed by atoms with Crippen LogP contribution in [0.1, 0.15) is 11.1 Å². The standard InChI is InChI=1S/C21H26ClFN2O2/c22-20-7-4-8-21(23)19(20)14-25-11-9-24(10-12-25)13-18(26)16-27-15-17-5-2-1-3-6-17/h1-8,18,26H,9-16H2.